The Bertz CT molecular complexity index is 412. The van der Waals surface area contributed by atoms with Crippen LogP contribution in [0.25, 0.3) is 0 Å². The molecule has 6 nitrogen and oxygen atoms in total. The van der Waals surface area contributed by atoms with Gasteiger partial charge in [0, 0.05) is 19.6 Å². The maximum atomic E-state index is 12.2. The van der Waals surface area contributed by atoms with Crippen molar-refractivity contribution in [2.75, 3.05) is 31.9 Å². The van der Waals surface area contributed by atoms with Crippen LogP contribution in [0.1, 0.15) is 46.0 Å². The van der Waals surface area contributed by atoms with Crippen molar-refractivity contribution >= 4 is 15.9 Å². The number of amides is 1. The van der Waals surface area contributed by atoms with E-state index >= 15 is 0 Å². The molecular formula is C14H29N3O3S. The zero-order valence-corrected chi connectivity index (χ0v) is 14.0. The number of carbonyl (C=O) groups is 1. The number of hydrogen-bond acceptors (Lipinski definition) is 4. The monoisotopic (exact) mass is 319 g/mol. The van der Waals surface area contributed by atoms with Crippen molar-refractivity contribution in [3.63, 3.8) is 0 Å². The zero-order chi connectivity index (χ0) is 15.7. The molecule has 0 aromatic heterocycles. The maximum Gasteiger partial charge on any atom is 0.238 e. The van der Waals surface area contributed by atoms with Crippen molar-refractivity contribution in [2.45, 2.75) is 52.0 Å². The van der Waals surface area contributed by atoms with E-state index in [4.69, 9.17) is 0 Å². The molecule has 0 spiro atoms. The van der Waals surface area contributed by atoms with Crippen LogP contribution in [0.15, 0.2) is 0 Å². The van der Waals surface area contributed by atoms with E-state index in [1.165, 1.54) is 4.31 Å². The molecule has 0 aliphatic carbocycles. The summed E-state index contributed by atoms with van der Waals surface area (Å²) in [5, 5.41) is 6.06. The molecule has 124 valence electrons. The molecule has 0 aromatic rings. The normalized spacial score (nSPS) is 20.4. The van der Waals surface area contributed by atoms with Crippen molar-refractivity contribution in [3.05, 3.63) is 0 Å². The Hall–Kier alpha value is -0.660. The molecule has 7 heteroatoms. The lowest BCUT2D eigenvalue weighted by molar-refractivity contribution is -0.125. The van der Waals surface area contributed by atoms with Crippen LogP contribution < -0.4 is 10.6 Å². The quantitative estimate of drug-likeness (QED) is 0.613. The third-order valence-corrected chi connectivity index (χ3v) is 5.68. The molecule has 1 aliphatic heterocycles. The summed E-state index contributed by atoms with van der Waals surface area (Å²) in [6, 6.07) is -0.526. The van der Waals surface area contributed by atoms with Gasteiger partial charge in [-0.25, -0.2) is 8.42 Å². The summed E-state index contributed by atoms with van der Waals surface area (Å²) < 4.78 is 25.9. The molecule has 1 saturated heterocycles. The van der Waals surface area contributed by atoms with E-state index in [9.17, 15) is 13.2 Å². The Morgan fingerprint density at radius 3 is 2.57 bits per heavy atom. The summed E-state index contributed by atoms with van der Waals surface area (Å²) >= 11 is 0. The van der Waals surface area contributed by atoms with Crippen molar-refractivity contribution in [2.24, 2.45) is 0 Å². The van der Waals surface area contributed by atoms with Crippen LogP contribution in [-0.2, 0) is 14.8 Å². The highest BCUT2D eigenvalue weighted by Gasteiger charge is 2.35. The van der Waals surface area contributed by atoms with E-state index in [1.54, 1.807) is 0 Å². The fourth-order valence-electron chi connectivity index (χ4n) is 2.57. The molecule has 1 amide bonds. The van der Waals surface area contributed by atoms with Gasteiger partial charge in [-0.05, 0) is 32.2 Å². The van der Waals surface area contributed by atoms with Crippen LogP contribution in [0.2, 0.25) is 0 Å². The summed E-state index contributed by atoms with van der Waals surface area (Å²) in [6.45, 7) is 6.58. The van der Waals surface area contributed by atoms with E-state index in [2.05, 4.69) is 17.6 Å². The molecule has 0 radical (unpaired) electrons. The molecule has 21 heavy (non-hydrogen) atoms. The first-order valence-corrected chi connectivity index (χ1v) is 9.61. The van der Waals surface area contributed by atoms with Crippen molar-refractivity contribution in [1.82, 2.24) is 14.9 Å². The van der Waals surface area contributed by atoms with Crippen LogP contribution in [0.3, 0.4) is 0 Å². The molecule has 0 aromatic carbocycles. The molecule has 0 bridgehead atoms. The lowest BCUT2D eigenvalue weighted by atomic mass is 10.0. The molecule has 1 unspecified atom stereocenters. The molecule has 1 heterocycles. The predicted octanol–water partition coefficient (Wildman–Crippen LogP) is 0.697. The fraction of sp³-hybridized carbons (Fsp3) is 0.929. The third kappa shape index (κ3) is 5.92. The van der Waals surface area contributed by atoms with E-state index in [-0.39, 0.29) is 11.7 Å². The van der Waals surface area contributed by atoms with Gasteiger partial charge in [0.1, 0.15) is 6.04 Å². The summed E-state index contributed by atoms with van der Waals surface area (Å²) in [5.41, 5.74) is 0. The van der Waals surface area contributed by atoms with Gasteiger partial charge >= 0.3 is 0 Å². The Balaban J connectivity index is 2.54. The second kappa shape index (κ2) is 9.38. The first-order chi connectivity index (χ1) is 10.0. The first kappa shape index (κ1) is 18.4. The Labute approximate surface area is 128 Å². The van der Waals surface area contributed by atoms with E-state index < -0.39 is 16.1 Å². The third-order valence-electron chi connectivity index (χ3n) is 3.60. The van der Waals surface area contributed by atoms with E-state index in [0.29, 0.717) is 32.5 Å². The number of nitrogens with one attached hydrogen (secondary N) is 2. The van der Waals surface area contributed by atoms with Crippen LogP contribution in [0.4, 0.5) is 0 Å². The van der Waals surface area contributed by atoms with Gasteiger partial charge in [-0.2, -0.15) is 4.31 Å². The molecule has 1 atom stereocenters. The number of rotatable bonds is 9. The Morgan fingerprint density at radius 1 is 1.14 bits per heavy atom. The Morgan fingerprint density at radius 2 is 1.90 bits per heavy atom. The summed E-state index contributed by atoms with van der Waals surface area (Å²) in [5.74, 6) is -0.0397. The summed E-state index contributed by atoms with van der Waals surface area (Å²) in [4.78, 5) is 12.2. The maximum absolute atomic E-state index is 12.2. The van der Waals surface area contributed by atoms with Crippen molar-refractivity contribution < 1.29 is 13.2 Å². The van der Waals surface area contributed by atoms with Crippen LogP contribution in [-0.4, -0.2) is 56.6 Å². The topological polar surface area (TPSA) is 78.5 Å². The molecule has 1 aliphatic rings. The Kier molecular flexibility index (Phi) is 8.21. The number of carbonyl (C=O) groups excluding carboxylic acids is 1. The molecule has 2 N–H and O–H groups in total. The van der Waals surface area contributed by atoms with Crippen LogP contribution in [0, 0.1) is 0 Å². The number of hydrogen-bond donors (Lipinski definition) is 2. The van der Waals surface area contributed by atoms with Gasteiger partial charge in [-0.1, -0.05) is 20.3 Å². The smallest absolute Gasteiger partial charge is 0.238 e. The van der Waals surface area contributed by atoms with Gasteiger partial charge in [0.2, 0.25) is 15.9 Å². The number of sulfonamides is 1. The summed E-state index contributed by atoms with van der Waals surface area (Å²) in [6.07, 6.45) is 4.00. The average Bonchev–Trinajstić information content (AvgIpc) is 2.47. The average molecular weight is 319 g/mol. The summed E-state index contributed by atoms with van der Waals surface area (Å²) in [7, 11) is -3.31. The second-order valence-electron chi connectivity index (χ2n) is 5.48. The van der Waals surface area contributed by atoms with Gasteiger partial charge in [-0.15, -0.1) is 0 Å². The minimum atomic E-state index is -3.31. The van der Waals surface area contributed by atoms with E-state index in [0.717, 1.165) is 25.8 Å². The first-order valence-electron chi connectivity index (χ1n) is 8.00. The zero-order valence-electron chi connectivity index (χ0n) is 13.2. The van der Waals surface area contributed by atoms with Crippen LogP contribution >= 0.6 is 0 Å². The van der Waals surface area contributed by atoms with Crippen LogP contribution in [0.5, 0.6) is 0 Å². The highest BCUT2D eigenvalue weighted by Crippen LogP contribution is 2.21. The highest BCUT2D eigenvalue weighted by molar-refractivity contribution is 7.89. The van der Waals surface area contributed by atoms with E-state index in [1.807, 2.05) is 6.92 Å². The van der Waals surface area contributed by atoms with Crippen molar-refractivity contribution in [3.8, 4) is 0 Å². The molecular weight excluding hydrogens is 290 g/mol. The standard InChI is InChI=1S/C14H29N3O3S/c1-3-8-15-9-10-16-14(18)13-7-5-6-11-17(13)21(19,20)12-4-2/h13,15H,3-12H2,1-2H3,(H,16,18). The second-order valence-corrected chi connectivity index (χ2v) is 7.52. The van der Waals surface area contributed by atoms with Gasteiger partial charge in [0.15, 0.2) is 0 Å². The van der Waals surface area contributed by atoms with Gasteiger partial charge in [0.25, 0.3) is 0 Å². The van der Waals surface area contributed by atoms with Gasteiger partial charge < -0.3 is 10.6 Å². The SMILES string of the molecule is CCCNCCNC(=O)C1CCCCN1S(=O)(=O)CCC. The minimum absolute atomic E-state index is 0.120. The molecule has 1 fully saturated rings. The minimum Gasteiger partial charge on any atom is -0.353 e. The number of piperidine rings is 1. The number of nitrogens with zero attached hydrogens (tertiary/aromatic N) is 1. The van der Waals surface area contributed by atoms with Gasteiger partial charge in [-0.3, -0.25) is 4.79 Å². The lowest BCUT2D eigenvalue weighted by Gasteiger charge is -2.33. The highest BCUT2D eigenvalue weighted by atomic mass is 32.2. The fourth-order valence-corrected chi connectivity index (χ4v) is 4.32. The molecule has 0 saturated carbocycles. The molecule has 1 rings (SSSR count). The predicted molar refractivity (Wildman–Crippen MR) is 84.6 cm³/mol. The van der Waals surface area contributed by atoms with Gasteiger partial charge in [0.05, 0.1) is 5.75 Å². The lowest BCUT2D eigenvalue weighted by Crippen LogP contribution is -2.53. The largest absolute Gasteiger partial charge is 0.353 e. The van der Waals surface area contributed by atoms with Crippen molar-refractivity contribution in [1.29, 1.82) is 0 Å².